The number of carbonyl (C=O) groups excluding carboxylic acids is 1. The van der Waals surface area contributed by atoms with E-state index in [0.717, 1.165) is 10.6 Å². The summed E-state index contributed by atoms with van der Waals surface area (Å²) in [6, 6.07) is 14.2. The molecule has 3 rings (SSSR count). The van der Waals surface area contributed by atoms with Gasteiger partial charge in [0, 0.05) is 12.1 Å². The first kappa shape index (κ1) is 23.6. The summed E-state index contributed by atoms with van der Waals surface area (Å²) >= 11 is 6.05. The second-order valence-electron chi connectivity index (χ2n) is 7.39. The molecule has 1 atom stereocenters. The second-order valence-corrected chi connectivity index (χ2v) is 9.68. The number of anilines is 2. The van der Waals surface area contributed by atoms with Gasteiger partial charge in [-0.05, 0) is 43.7 Å². The molecule has 170 valence electrons. The molecule has 0 radical (unpaired) electrons. The number of rotatable bonds is 7. The average molecular weight is 477 g/mol. The normalized spacial score (nSPS) is 12.4. The SMILES string of the molecule is CCC(C(=O)Nc1c(C)n(C)n(-c2ccccc2)c1=O)N(c1cccc(Cl)c1)S(C)(=O)=O. The molecule has 1 amide bonds. The van der Waals surface area contributed by atoms with Crippen LogP contribution in [0.15, 0.2) is 59.4 Å². The molecule has 0 aliphatic heterocycles. The van der Waals surface area contributed by atoms with Crippen molar-refractivity contribution in [3.63, 3.8) is 0 Å². The van der Waals surface area contributed by atoms with E-state index in [4.69, 9.17) is 11.6 Å². The van der Waals surface area contributed by atoms with Crippen molar-refractivity contribution in [2.24, 2.45) is 7.05 Å². The zero-order valence-electron chi connectivity index (χ0n) is 18.2. The molecule has 32 heavy (non-hydrogen) atoms. The molecule has 2 aromatic carbocycles. The highest BCUT2D eigenvalue weighted by atomic mass is 35.5. The number of nitrogens with zero attached hydrogens (tertiary/aromatic N) is 3. The number of para-hydroxylation sites is 1. The molecule has 0 fully saturated rings. The van der Waals surface area contributed by atoms with Crippen molar-refractivity contribution in [1.29, 1.82) is 0 Å². The van der Waals surface area contributed by atoms with Crippen molar-refractivity contribution in [2.75, 3.05) is 15.9 Å². The van der Waals surface area contributed by atoms with Crippen molar-refractivity contribution >= 4 is 38.9 Å². The van der Waals surface area contributed by atoms with Gasteiger partial charge in [-0.15, -0.1) is 0 Å². The molecule has 0 saturated carbocycles. The molecule has 1 unspecified atom stereocenters. The van der Waals surface area contributed by atoms with Crippen LogP contribution in [-0.2, 0) is 21.9 Å². The van der Waals surface area contributed by atoms with Crippen LogP contribution in [0.4, 0.5) is 11.4 Å². The van der Waals surface area contributed by atoms with E-state index < -0.39 is 27.5 Å². The van der Waals surface area contributed by atoms with Crippen LogP contribution in [-0.4, -0.2) is 36.0 Å². The van der Waals surface area contributed by atoms with Crippen molar-refractivity contribution in [3.05, 3.63) is 75.7 Å². The maximum atomic E-state index is 13.2. The fraction of sp³-hybridized carbons (Fsp3) is 0.273. The Bertz CT molecular complexity index is 1300. The molecule has 1 N–H and O–H groups in total. The predicted molar refractivity (Wildman–Crippen MR) is 127 cm³/mol. The third-order valence-corrected chi connectivity index (χ3v) is 6.61. The van der Waals surface area contributed by atoms with Crippen LogP contribution in [0.2, 0.25) is 5.02 Å². The summed E-state index contributed by atoms with van der Waals surface area (Å²) in [6.07, 6.45) is 1.21. The van der Waals surface area contributed by atoms with Gasteiger partial charge in [-0.2, -0.15) is 0 Å². The van der Waals surface area contributed by atoms with Gasteiger partial charge in [-0.25, -0.2) is 13.1 Å². The van der Waals surface area contributed by atoms with Gasteiger partial charge in [0.1, 0.15) is 11.7 Å². The van der Waals surface area contributed by atoms with E-state index >= 15 is 0 Å². The van der Waals surface area contributed by atoms with Crippen molar-refractivity contribution in [3.8, 4) is 5.69 Å². The number of benzene rings is 2. The number of halogens is 1. The summed E-state index contributed by atoms with van der Waals surface area (Å²) in [5.41, 5.74) is 1.14. The van der Waals surface area contributed by atoms with Gasteiger partial charge in [0.25, 0.3) is 5.56 Å². The van der Waals surface area contributed by atoms with Gasteiger partial charge in [0.2, 0.25) is 15.9 Å². The van der Waals surface area contributed by atoms with Gasteiger partial charge in [-0.3, -0.25) is 18.6 Å². The van der Waals surface area contributed by atoms with Gasteiger partial charge in [0.05, 0.1) is 23.3 Å². The molecule has 10 heteroatoms. The lowest BCUT2D eigenvalue weighted by atomic mass is 10.2. The highest BCUT2D eigenvalue weighted by molar-refractivity contribution is 7.92. The number of aromatic nitrogens is 2. The molecule has 1 aromatic heterocycles. The zero-order valence-corrected chi connectivity index (χ0v) is 19.8. The molecular weight excluding hydrogens is 452 g/mol. The molecule has 0 aliphatic rings. The maximum Gasteiger partial charge on any atom is 0.295 e. The van der Waals surface area contributed by atoms with E-state index in [1.54, 1.807) is 55.9 Å². The molecule has 3 aromatic rings. The fourth-order valence-electron chi connectivity index (χ4n) is 3.59. The van der Waals surface area contributed by atoms with Gasteiger partial charge >= 0.3 is 0 Å². The Labute approximate surface area is 192 Å². The summed E-state index contributed by atoms with van der Waals surface area (Å²) in [4.78, 5) is 26.4. The van der Waals surface area contributed by atoms with Crippen LogP contribution in [0.25, 0.3) is 5.69 Å². The molecule has 8 nitrogen and oxygen atoms in total. The monoisotopic (exact) mass is 476 g/mol. The standard InChI is InChI=1S/C22H25ClN4O4S/c1-5-19(27(32(4,30)31)18-13-9-10-16(23)14-18)21(28)24-20-15(2)25(3)26(22(20)29)17-11-7-6-8-12-17/h6-14,19H,5H2,1-4H3,(H,24,28). The first-order valence-electron chi connectivity index (χ1n) is 9.96. The van der Waals surface area contributed by atoms with Crippen molar-refractivity contribution in [2.45, 2.75) is 26.3 Å². The fourth-order valence-corrected chi connectivity index (χ4v) is 4.98. The van der Waals surface area contributed by atoms with Gasteiger partial charge in [0.15, 0.2) is 0 Å². The lowest BCUT2D eigenvalue weighted by Crippen LogP contribution is -2.47. The lowest BCUT2D eigenvalue weighted by Gasteiger charge is -2.30. The van der Waals surface area contributed by atoms with E-state index in [-0.39, 0.29) is 17.8 Å². The molecular formula is C22H25ClN4O4S. The molecule has 1 heterocycles. The van der Waals surface area contributed by atoms with E-state index in [9.17, 15) is 18.0 Å². The minimum absolute atomic E-state index is 0.0966. The van der Waals surface area contributed by atoms with Crippen LogP contribution >= 0.6 is 11.6 Å². The lowest BCUT2D eigenvalue weighted by molar-refractivity contribution is -0.117. The van der Waals surface area contributed by atoms with E-state index in [0.29, 0.717) is 16.4 Å². The van der Waals surface area contributed by atoms with Crippen LogP contribution in [0.5, 0.6) is 0 Å². The van der Waals surface area contributed by atoms with Gasteiger partial charge < -0.3 is 5.32 Å². The number of hydrogen-bond donors (Lipinski definition) is 1. The Morgan fingerprint density at radius 1 is 1.16 bits per heavy atom. The third kappa shape index (κ3) is 4.58. The maximum absolute atomic E-state index is 13.2. The summed E-state index contributed by atoms with van der Waals surface area (Å²) in [7, 11) is -2.11. The van der Waals surface area contributed by atoms with Crippen LogP contribution in [0.1, 0.15) is 19.0 Å². The van der Waals surface area contributed by atoms with Crippen molar-refractivity contribution < 1.29 is 13.2 Å². The van der Waals surface area contributed by atoms with Crippen LogP contribution in [0.3, 0.4) is 0 Å². The highest BCUT2D eigenvalue weighted by Gasteiger charge is 2.33. The van der Waals surface area contributed by atoms with E-state index in [1.165, 1.54) is 10.7 Å². The number of amides is 1. The quantitative estimate of drug-likeness (QED) is 0.566. The van der Waals surface area contributed by atoms with Crippen molar-refractivity contribution in [1.82, 2.24) is 9.36 Å². The smallest absolute Gasteiger partial charge is 0.295 e. The topological polar surface area (TPSA) is 93.4 Å². The second kappa shape index (κ2) is 9.22. The number of nitrogens with one attached hydrogen (secondary N) is 1. The summed E-state index contributed by atoms with van der Waals surface area (Å²) in [5, 5.41) is 3.01. The minimum Gasteiger partial charge on any atom is -0.318 e. The van der Waals surface area contributed by atoms with Crippen LogP contribution < -0.4 is 15.2 Å². The molecule has 0 bridgehead atoms. The summed E-state index contributed by atoms with van der Waals surface area (Å²) in [6.45, 7) is 3.41. The Balaban J connectivity index is 2.02. The zero-order chi connectivity index (χ0) is 23.6. The summed E-state index contributed by atoms with van der Waals surface area (Å²) < 4.78 is 29.3. The number of carbonyl (C=O) groups is 1. The predicted octanol–water partition coefficient (Wildman–Crippen LogP) is 3.32. The van der Waals surface area contributed by atoms with E-state index in [1.807, 2.05) is 18.2 Å². The first-order valence-corrected chi connectivity index (χ1v) is 12.2. The molecule has 0 spiro atoms. The Hall–Kier alpha value is -3.04. The Morgan fingerprint density at radius 2 is 1.81 bits per heavy atom. The minimum atomic E-state index is -3.82. The average Bonchev–Trinajstić information content (AvgIpc) is 2.94. The first-order chi connectivity index (χ1) is 15.1. The summed E-state index contributed by atoms with van der Waals surface area (Å²) in [5.74, 6) is -0.607. The Morgan fingerprint density at radius 3 is 2.38 bits per heavy atom. The largest absolute Gasteiger partial charge is 0.318 e. The number of sulfonamides is 1. The Kier molecular flexibility index (Phi) is 6.80. The highest BCUT2D eigenvalue weighted by Crippen LogP contribution is 2.26. The molecule has 0 aliphatic carbocycles. The number of hydrogen-bond acceptors (Lipinski definition) is 4. The molecule has 0 saturated heterocycles. The van der Waals surface area contributed by atoms with E-state index in [2.05, 4.69) is 5.32 Å². The third-order valence-electron chi connectivity index (χ3n) is 5.19. The van der Waals surface area contributed by atoms with Crippen LogP contribution in [0, 0.1) is 6.92 Å². The van der Waals surface area contributed by atoms with Gasteiger partial charge in [-0.1, -0.05) is 42.8 Å².